The number of halogens is 2. The summed E-state index contributed by atoms with van der Waals surface area (Å²) in [5.41, 5.74) is 1.38. The third-order valence-electron chi connectivity index (χ3n) is 2.50. The minimum atomic E-state index is -0.488. The van der Waals surface area contributed by atoms with Gasteiger partial charge in [0.15, 0.2) is 0 Å². The Morgan fingerprint density at radius 1 is 1.35 bits per heavy atom. The maximum Gasteiger partial charge on any atom is 0.133 e. The van der Waals surface area contributed by atoms with E-state index in [2.05, 4.69) is 9.97 Å². The normalized spacial score (nSPS) is 10.5. The van der Waals surface area contributed by atoms with Gasteiger partial charge in [0.05, 0.1) is 12.0 Å². The monoisotopic (exact) mass is 252 g/mol. The summed E-state index contributed by atoms with van der Waals surface area (Å²) >= 11 is 5.07. The fourth-order valence-corrected chi connectivity index (χ4v) is 1.98. The Bertz CT molecular complexity index is 608. The first-order chi connectivity index (χ1) is 8.13. The smallest absolute Gasteiger partial charge is 0.133 e. The third-order valence-corrected chi connectivity index (χ3v) is 2.85. The molecule has 0 spiro atoms. The molecule has 0 saturated carbocycles. The van der Waals surface area contributed by atoms with Crippen LogP contribution in [-0.4, -0.2) is 9.97 Å². The highest BCUT2D eigenvalue weighted by atomic mass is 32.1. The Labute approximate surface area is 102 Å². The Hall–Kier alpha value is -1.62. The highest BCUT2D eigenvalue weighted by Gasteiger charge is 2.11. The molecule has 5 heteroatoms. The predicted molar refractivity (Wildman–Crippen MR) is 64.2 cm³/mol. The van der Waals surface area contributed by atoms with Crippen molar-refractivity contribution in [1.29, 1.82) is 0 Å². The first-order valence-corrected chi connectivity index (χ1v) is 5.56. The first kappa shape index (κ1) is 11.9. The van der Waals surface area contributed by atoms with Crippen LogP contribution in [0.1, 0.15) is 12.5 Å². The van der Waals surface area contributed by atoms with Gasteiger partial charge in [0.25, 0.3) is 0 Å². The number of hydrogen-bond acceptors (Lipinski definition) is 2. The van der Waals surface area contributed by atoms with Gasteiger partial charge in [-0.05, 0) is 24.6 Å². The number of aromatic amines is 1. The zero-order valence-electron chi connectivity index (χ0n) is 9.13. The second-order valence-electron chi connectivity index (χ2n) is 3.54. The van der Waals surface area contributed by atoms with Gasteiger partial charge in [-0.25, -0.2) is 13.8 Å². The Morgan fingerprint density at radius 2 is 2.12 bits per heavy atom. The molecule has 0 amide bonds. The molecule has 1 aromatic carbocycles. The van der Waals surface area contributed by atoms with Crippen LogP contribution in [0.4, 0.5) is 8.78 Å². The second-order valence-corrected chi connectivity index (χ2v) is 3.93. The lowest BCUT2D eigenvalue weighted by Gasteiger charge is -2.08. The fourth-order valence-electron chi connectivity index (χ4n) is 1.68. The van der Waals surface area contributed by atoms with Gasteiger partial charge in [-0.15, -0.1) is 0 Å². The largest absolute Gasteiger partial charge is 0.345 e. The minimum Gasteiger partial charge on any atom is -0.345 e. The molecule has 0 aliphatic rings. The van der Waals surface area contributed by atoms with Crippen molar-refractivity contribution in [3.05, 3.63) is 46.4 Å². The molecule has 1 heterocycles. The maximum absolute atomic E-state index is 13.7. The topological polar surface area (TPSA) is 28.7 Å². The Balaban J connectivity index is 2.72. The molecule has 0 aliphatic carbocycles. The standard InChI is InChI=1S/C12H10F2N2S/c1-2-8-11(15-6-16-12(8)17)9-5-7(13)3-4-10(9)14/h3-6H,2H2,1H3,(H,15,16,17). The van der Waals surface area contributed by atoms with Crippen molar-refractivity contribution in [2.24, 2.45) is 0 Å². The molecule has 0 fully saturated rings. The fraction of sp³-hybridized carbons (Fsp3) is 0.167. The highest BCUT2D eigenvalue weighted by molar-refractivity contribution is 7.71. The van der Waals surface area contributed by atoms with E-state index in [4.69, 9.17) is 12.2 Å². The highest BCUT2D eigenvalue weighted by Crippen LogP contribution is 2.25. The average Bonchev–Trinajstić information content (AvgIpc) is 2.32. The van der Waals surface area contributed by atoms with Gasteiger partial charge >= 0.3 is 0 Å². The van der Waals surface area contributed by atoms with Crippen molar-refractivity contribution in [2.75, 3.05) is 0 Å². The number of nitrogens with one attached hydrogen (secondary N) is 1. The summed E-state index contributed by atoms with van der Waals surface area (Å²) in [5.74, 6) is -0.975. The van der Waals surface area contributed by atoms with E-state index >= 15 is 0 Å². The predicted octanol–water partition coefficient (Wildman–Crippen LogP) is 3.65. The van der Waals surface area contributed by atoms with Crippen LogP contribution in [0, 0.1) is 16.3 Å². The SMILES string of the molecule is CCc1c(-c2cc(F)ccc2F)[nH]cnc1=S. The summed E-state index contributed by atoms with van der Waals surface area (Å²) in [6, 6.07) is 3.33. The van der Waals surface area contributed by atoms with Crippen LogP contribution < -0.4 is 0 Å². The molecule has 88 valence electrons. The quantitative estimate of drug-likeness (QED) is 0.826. The number of rotatable bonds is 2. The average molecular weight is 252 g/mol. The number of benzene rings is 1. The summed E-state index contributed by atoms with van der Waals surface area (Å²) in [6.45, 7) is 1.89. The van der Waals surface area contributed by atoms with Crippen molar-refractivity contribution in [2.45, 2.75) is 13.3 Å². The Kier molecular flexibility index (Phi) is 3.28. The van der Waals surface area contributed by atoms with Crippen molar-refractivity contribution >= 4 is 12.2 Å². The van der Waals surface area contributed by atoms with Crippen LogP contribution in [0.15, 0.2) is 24.5 Å². The number of H-pyrrole nitrogens is 1. The molecular formula is C12H10F2N2S. The van der Waals surface area contributed by atoms with E-state index in [1.54, 1.807) is 0 Å². The van der Waals surface area contributed by atoms with Crippen LogP contribution in [0.5, 0.6) is 0 Å². The number of hydrogen-bond donors (Lipinski definition) is 1. The molecule has 1 aromatic heterocycles. The van der Waals surface area contributed by atoms with Crippen molar-refractivity contribution in [3.8, 4) is 11.3 Å². The van der Waals surface area contributed by atoms with Crippen LogP contribution in [0.2, 0.25) is 0 Å². The summed E-state index contributed by atoms with van der Waals surface area (Å²) in [4.78, 5) is 6.76. The number of nitrogens with zero attached hydrogens (tertiary/aromatic N) is 1. The first-order valence-electron chi connectivity index (χ1n) is 5.15. The van der Waals surface area contributed by atoms with Crippen LogP contribution >= 0.6 is 12.2 Å². The molecule has 2 aromatic rings. The van der Waals surface area contributed by atoms with Crippen molar-refractivity contribution < 1.29 is 8.78 Å². The Morgan fingerprint density at radius 3 is 2.82 bits per heavy atom. The summed E-state index contributed by atoms with van der Waals surface area (Å²) in [6.07, 6.45) is 2.00. The van der Waals surface area contributed by atoms with Crippen LogP contribution in [-0.2, 0) is 6.42 Å². The minimum absolute atomic E-state index is 0.176. The van der Waals surface area contributed by atoms with E-state index in [9.17, 15) is 8.78 Å². The van der Waals surface area contributed by atoms with Gasteiger partial charge in [-0.3, -0.25) is 0 Å². The van der Waals surface area contributed by atoms with Gasteiger partial charge in [0.1, 0.15) is 16.3 Å². The lowest BCUT2D eigenvalue weighted by atomic mass is 10.0. The molecule has 2 nitrogen and oxygen atoms in total. The lowest BCUT2D eigenvalue weighted by molar-refractivity contribution is 0.602. The van der Waals surface area contributed by atoms with Crippen molar-refractivity contribution in [3.63, 3.8) is 0 Å². The van der Waals surface area contributed by atoms with Crippen LogP contribution in [0.3, 0.4) is 0 Å². The zero-order chi connectivity index (χ0) is 12.4. The van der Waals surface area contributed by atoms with E-state index in [-0.39, 0.29) is 5.56 Å². The van der Waals surface area contributed by atoms with Gasteiger partial charge < -0.3 is 4.98 Å². The summed E-state index contributed by atoms with van der Waals surface area (Å²) < 4.78 is 27.2. The van der Waals surface area contributed by atoms with Crippen LogP contribution in [0.25, 0.3) is 11.3 Å². The summed E-state index contributed by atoms with van der Waals surface area (Å²) in [7, 11) is 0. The molecule has 17 heavy (non-hydrogen) atoms. The van der Waals surface area contributed by atoms with Gasteiger partial charge in [0, 0.05) is 11.1 Å². The zero-order valence-corrected chi connectivity index (χ0v) is 9.94. The molecule has 0 bridgehead atoms. The molecule has 1 N–H and O–H groups in total. The van der Waals surface area contributed by atoms with Gasteiger partial charge in [-0.2, -0.15) is 0 Å². The molecule has 2 rings (SSSR count). The lowest BCUT2D eigenvalue weighted by Crippen LogP contribution is -1.97. The van der Waals surface area contributed by atoms with Gasteiger partial charge in [0.2, 0.25) is 0 Å². The van der Waals surface area contributed by atoms with E-state index < -0.39 is 11.6 Å². The van der Waals surface area contributed by atoms with Crippen molar-refractivity contribution in [1.82, 2.24) is 9.97 Å². The molecule has 0 atom stereocenters. The van der Waals surface area contributed by atoms with Gasteiger partial charge in [-0.1, -0.05) is 19.1 Å². The molecule has 0 unspecified atom stereocenters. The van der Waals surface area contributed by atoms with E-state index in [0.717, 1.165) is 18.2 Å². The van der Waals surface area contributed by atoms with E-state index in [1.165, 1.54) is 6.33 Å². The maximum atomic E-state index is 13.7. The van der Waals surface area contributed by atoms with E-state index in [1.807, 2.05) is 6.92 Å². The van der Waals surface area contributed by atoms with E-state index in [0.29, 0.717) is 22.3 Å². The molecule has 0 radical (unpaired) electrons. The third kappa shape index (κ3) is 2.24. The molecule has 0 aliphatic heterocycles. The molecule has 0 saturated heterocycles. The number of aromatic nitrogens is 2. The molecular weight excluding hydrogens is 242 g/mol. The summed E-state index contributed by atoms with van der Waals surface area (Å²) in [5, 5.41) is 0. The second kappa shape index (κ2) is 4.71.